The van der Waals surface area contributed by atoms with Gasteiger partial charge in [-0.05, 0) is 35.7 Å². The van der Waals surface area contributed by atoms with Crippen LogP contribution in [-0.4, -0.2) is 17.9 Å². The van der Waals surface area contributed by atoms with Crippen molar-refractivity contribution in [3.05, 3.63) is 68.7 Å². The molecule has 8 heteroatoms. The maximum Gasteiger partial charge on any atom is 0.253 e. The van der Waals surface area contributed by atoms with Crippen LogP contribution in [0.5, 0.6) is 0 Å². The van der Waals surface area contributed by atoms with Crippen LogP contribution in [0.15, 0.2) is 36.4 Å². The molecule has 3 N–H and O–H groups in total. The molecule has 27 heavy (non-hydrogen) atoms. The van der Waals surface area contributed by atoms with Crippen molar-refractivity contribution in [2.75, 3.05) is 0 Å². The van der Waals surface area contributed by atoms with Crippen LogP contribution in [0.3, 0.4) is 0 Å². The van der Waals surface area contributed by atoms with Crippen LogP contribution in [0.2, 0.25) is 10.0 Å². The lowest BCUT2D eigenvalue weighted by Crippen LogP contribution is -2.44. The van der Waals surface area contributed by atoms with E-state index < -0.39 is 11.9 Å². The number of carbonyl (C=O) groups is 2. The summed E-state index contributed by atoms with van der Waals surface area (Å²) in [7, 11) is 0. The zero-order chi connectivity index (χ0) is 18.7. The van der Waals surface area contributed by atoms with Crippen LogP contribution >= 0.6 is 35.6 Å². The molecule has 1 unspecified atom stereocenters. The average Bonchev–Trinajstić information content (AvgIpc) is 3.09. The van der Waals surface area contributed by atoms with Gasteiger partial charge in [0.05, 0.1) is 15.6 Å². The molecular weight excluding hydrogens is 409 g/mol. The van der Waals surface area contributed by atoms with Crippen molar-refractivity contribution in [3.63, 3.8) is 0 Å². The van der Waals surface area contributed by atoms with E-state index in [0.717, 1.165) is 18.7 Å². The Kier molecular flexibility index (Phi) is 7.50. The highest BCUT2D eigenvalue weighted by Crippen LogP contribution is 2.25. The molecule has 1 heterocycles. The van der Waals surface area contributed by atoms with Gasteiger partial charge < -0.3 is 16.0 Å². The lowest BCUT2D eigenvalue weighted by molar-refractivity contribution is -0.122. The van der Waals surface area contributed by atoms with Crippen LogP contribution in [0, 0.1) is 0 Å². The summed E-state index contributed by atoms with van der Waals surface area (Å²) in [5.74, 6) is -0.709. The van der Waals surface area contributed by atoms with E-state index in [1.165, 1.54) is 11.1 Å². The van der Waals surface area contributed by atoms with Gasteiger partial charge in [-0.1, -0.05) is 47.5 Å². The third kappa shape index (κ3) is 5.14. The molecule has 5 nitrogen and oxygen atoms in total. The molecule has 2 amide bonds. The number of carbonyl (C=O) groups excluding carboxylic acids is 2. The monoisotopic (exact) mass is 427 g/mol. The van der Waals surface area contributed by atoms with Crippen molar-refractivity contribution in [1.82, 2.24) is 16.0 Å². The Morgan fingerprint density at radius 3 is 2.67 bits per heavy atom. The Hall–Kier alpha value is -1.79. The van der Waals surface area contributed by atoms with Gasteiger partial charge in [0.1, 0.15) is 6.04 Å². The minimum absolute atomic E-state index is 0. The first kappa shape index (κ1) is 21.5. The van der Waals surface area contributed by atoms with Gasteiger partial charge in [0.25, 0.3) is 5.91 Å². The van der Waals surface area contributed by atoms with Crippen LogP contribution in [0.4, 0.5) is 0 Å². The topological polar surface area (TPSA) is 70.2 Å². The quantitative estimate of drug-likeness (QED) is 0.683. The highest BCUT2D eigenvalue weighted by Gasteiger charge is 2.19. The van der Waals surface area contributed by atoms with Crippen LogP contribution in [0.1, 0.15) is 34.0 Å². The fourth-order valence-corrected chi connectivity index (χ4v) is 3.21. The number of rotatable bonds is 5. The first-order valence-corrected chi connectivity index (χ1v) is 9.05. The van der Waals surface area contributed by atoms with Crippen LogP contribution in [-0.2, 0) is 24.4 Å². The molecule has 0 saturated carbocycles. The van der Waals surface area contributed by atoms with Crippen molar-refractivity contribution >= 4 is 47.4 Å². The standard InChI is InChI=1S/C19H19Cl2N3O2.ClH/c1-11(24-19(26)15-3-2-4-16(20)17(15)21)18(25)23-8-12-5-6-13-9-22-10-14(13)7-12;/h2-7,11,22H,8-10H2,1H3,(H,23,25)(H,24,26);1H. The predicted molar refractivity (Wildman–Crippen MR) is 109 cm³/mol. The molecule has 1 aliphatic rings. The van der Waals surface area contributed by atoms with Gasteiger partial charge in [-0.3, -0.25) is 9.59 Å². The predicted octanol–water partition coefficient (Wildman–Crippen LogP) is 3.45. The second-order valence-electron chi connectivity index (χ2n) is 6.22. The maximum atomic E-state index is 12.3. The van der Waals surface area contributed by atoms with Crippen LogP contribution < -0.4 is 16.0 Å². The van der Waals surface area contributed by atoms with E-state index in [1.54, 1.807) is 25.1 Å². The lowest BCUT2D eigenvalue weighted by Gasteiger charge is -2.15. The van der Waals surface area contributed by atoms with Gasteiger partial charge in [-0.25, -0.2) is 0 Å². The maximum absolute atomic E-state index is 12.3. The number of benzene rings is 2. The van der Waals surface area contributed by atoms with Gasteiger partial charge in [-0.2, -0.15) is 0 Å². The second-order valence-corrected chi connectivity index (χ2v) is 7.01. The second kappa shape index (κ2) is 9.42. The summed E-state index contributed by atoms with van der Waals surface area (Å²) in [5.41, 5.74) is 3.81. The van der Waals surface area contributed by atoms with Crippen molar-refractivity contribution in [2.45, 2.75) is 32.6 Å². The van der Waals surface area contributed by atoms with E-state index in [0.29, 0.717) is 11.6 Å². The zero-order valence-corrected chi connectivity index (χ0v) is 17.0. The third-order valence-corrected chi connectivity index (χ3v) is 5.12. The van der Waals surface area contributed by atoms with Crippen molar-refractivity contribution < 1.29 is 9.59 Å². The van der Waals surface area contributed by atoms with E-state index in [1.807, 2.05) is 6.07 Å². The smallest absolute Gasteiger partial charge is 0.253 e. The first-order valence-electron chi connectivity index (χ1n) is 8.29. The van der Waals surface area contributed by atoms with Gasteiger partial charge in [-0.15, -0.1) is 12.4 Å². The molecule has 2 aromatic rings. The molecular formula is C19H20Cl3N3O2. The van der Waals surface area contributed by atoms with E-state index in [9.17, 15) is 9.59 Å². The SMILES string of the molecule is CC(NC(=O)c1cccc(Cl)c1Cl)C(=O)NCc1ccc2c(c1)CNC2.Cl. The highest BCUT2D eigenvalue weighted by atomic mass is 35.5. The molecule has 0 fully saturated rings. The summed E-state index contributed by atoms with van der Waals surface area (Å²) in [5, 5.41) is 9.23. The molecule has 2 aromatic carbocycles. The van der Waals surface area contributed by atoms with E-state index in [2.05, 4.69) is 28.1 Å². The van der Waals surface area contributed by atoms with Gasteiger partial charge in [0.2, 0.25) is 5.91 Å². The van der Waals surface area contributed by atoms with Gasteiger partial charge in [0, 0.05) is 19.6 Å². The van der Waals surface area contributed by atoms with Crippen LogP contribution in [0.25, 0.3) is 0 Å². The minimum Gasteiger partial charge on any atom is -0.350 e. The molecule has 0 aromatic heterocycles. The average molecular weight is 429 g/mol. The fourth-order valence-electron chi connectivity index (χ4n) is 2.82. The Bertz CT molecular complexity index is 858. The van der Waals surface area contributed by atoms with E-state index in [-0.39, 0.29) is 28.9 Å². The Morgan fingerprint density at radius 1 is 1.15 bits per heavy atom. The number of hydrogen-bond acceptors (Lipinski definition) is 3. The van der Waals surface area contributed by atoms with Gasteiger partial charge >= 0.3 is 0 Å². The summed E-state index contributed by atoms with van der Waals surface area (Å²) >= 11 is 12.0. The van der Waals surface area contributed by atoms with Crippen molar-refractivity contribution in [2.24, 2.45) is 0 Å². The third-order valence-electron chi connectivity index (χ3n) is 4.31. The molecule has 144 valence electrons. The fraction of sp³-hybridized carbons (Fsp3) is 0.263. The first-order chi connectivity index (χ1) is 12.5. The summed E-state index contributed by atoms with van der Waals surface area (Å²) in [6.45, 7) is 3.77. The summed E-state index contributed by atoms with van der Waals surface area (Å²) in [6, 6.07) is 10.3. The Labute approximate surface area is 174 Å². The molecule has 0 radical (unpaired) electrons. The molecule has 0 bridgehead atoms. The van der Waals surface area contributed by atoms with Gasteiger partial charge in [0.15, 0.2) is 0 Å². The zero-order valence-electron chi connectivity index (χ0n) is 14.6. The number of fused-ring (bicyclic) bond motifs is 1. The van der Waals surface area contributed by atoms with E-state index in [4.69, 9.17) is 23.2 Å². The normalized spacial score (nSPS) is 13.3. The van der Waals surface area contributed by atoms with Crippen molar-refractivity contribution in [3.8, 4) is 0 Å². The largest absolute Gasteiger partial charge is 0.350 e. The summed E-state index contributed by atoms with van der Waals surface area (Å²) in [6.07, 6.45) is 0. The molecule has 0 saturated heterocycles. The highest BCUT2D eigenvalue weighted by molar-refractivity contribution is 6.43. The molecule has 1 aliphatic heterocycles. The number of nitrogens with one attached hydrogen (secondary N) is 3. The summed E-state index contributed by atoms with van der Waals surface area (Å²) < 4.78 is 0. The Balaban J connectivity index is 0.00000261. The number of halogens is 3. The Morgan fingerprint density at radius 2 is 1.89 bits per heavy atom. The van der Waals surface area contributed by atoms with E-state index >= 15 is 0 Å². The van der Waals surface area contributed by atoms with Crippen molar-refractivity contribution in [1.29, 1.82) is 0 Å². The lowest BCUT2D eigenvalue weighted by atomic mass is 10.1. The number of hydrogen-bond donors (Lipinski definition) is 3. The molecule has 3 rings (SSSR count). The molecule has 0 spiro atoms. The number of amides is 2. The minimum atomic E-state index is -0.700. The molecule has 1 atom stereocenters. The molecule has 0 aliphatic carbocycles. The summed E-state index contributed by atoms with van der Waals surface area (Å²) in [4.78, 5) is 24.6.